The molecule has 22 heavy (non-hydrogen) atoms. The number of β-amino-alcohol motifs (C(OH)–C–C–N with tert-alkyl or cyclic N) is 1. The molecule has 1 atom stereocenters. The van der Waals surface area contributed by atoms with E-state index in [0.717, 1.165) is 13.1 Å². The fourth-order valence-corrected chi connectivity index (χ4v) is 3.66. The van der Waals surface area contributed by atoms with Crippen molar-refractivity contribution in [1.82, 2.24) is 14.5 Å². The topological polar surface area (TPSA) is 41.3 Å². The van der Waals surface area contributed by atoms with Crippen LogP contribution in [0.5, 0.6) is 0 Å². The minimum atomic E-state index is -1.08. The number of benzene rings is 1. The molecule has 1 fully saturated rings. The van der Waals surface area contributed by atoms with Crippen LogP contribution < -0.4 is 0 Å². The standard InChI is InChI=1S/C16H19Cl2N3O/c17-13-3-4-14(15(18)9-13)16(22,10-20-6-1-2-7-20)11-21-8-5-19-12-21/h3-5,8-9,12,22H,1-2,6-7,10-11H2. The number of rotatable bonds is 5. The van der Waals surface area contributed by atoms with Gasteiger partial charge >= 0.3 is 0 Å². The van der Waals surface area contributed by atoms with Gasteiger partial charge in [0.05, 0.1) is 12.9 Å². The Morgan fingerprint density at radius 3 is 2.59 bits per heavy atom. The predicted molar refractivity (Wildman–Crippen MR) is 88.3 cm³/mol. The van der Waals surface area contributed by atoms with Crippen molar-refractivity contribution in [2.75, 3.05) is 19.6 Å². The molecule has 118 valence electrons. The van der Waals surface area contributed by atoms with E-state index in [-0.39, 0.29) is 0 Å². The van der Waals surface area contributed by atoms with Crippen LogP contribution in [0.25, 0.3) is 0 Å². The number of nitrogens with zero attached hydrogens (tertiary/aromatic N) is 3. The van der Waals surface area contributed by atoms with Crippen LogP contribution in [-0.2, 0) is 12.1 Å². The summed E-state index contributed by atoms with van der Waals surface area (Å²) >= 11 is 12.3. The number of hydrogen-bond donors (Lipinski definition) is 1. The van der Waals surface area contributed by atoms with Crippen molar-refractivity contribution in [2.24, 2.45) is 0 Å². The maximum Gasteiger partial charge on any atom is 0.121 e. The van der Waals surface area contributed by atoms with Gasteiger partial charge in [-0.15, -0.1) is 0 Å². The van der Waals surface area contributed by atoms with Crippen LogP contribution in [0.1, 0.15) is 18.4 Å². The maximum atomic E-state index is 11.4. The van der Waals surface area contributed by atoms with E-state index in [0.29, 0.717) is 28.7 Å². The van der Waals surface area contributed by atoms with E-state index in [1.54, 1.807) is 24.7 Å². The van der Waals surface area contributed by atoms with E-state index in [2.05, 4.69) is 9.88 Å². The zero-order valence-electron chi connectivity index (χ0n) is 12.3. The van der Waals surface area contributed by atoms with Gasteiger partial charge in [-0.2, -0.15) is 0 Å². The maximum absolute atomic E-state index is 11.4. The average molecular weight is 340 g/mol. The third kappa shape index (κ3) is 3.46. The first-order valence-electron chi connectivity index (χ1n) is 7.43. The summed E-state index contributed by atoms with van der Waals surface area (Å²) in [5, 5.41) is 12.4. The number of halogens is 2. The van der Waals surface area contributed by atoms with Crippen molar-refractivity contribution in [2.45, 2.75) is 25.0 Å². The number of imidazole rings is 1. The van der Waals surface area contributed by atoms with E-state index in [1.165, 1.54) is 12.8 Å². The second-order valence-corrected chi connectivity index (χ2v) is 6.72. The predicted octanol–water partition coefficient (Wildman–Crippen LogP) is 3.17. The van der Waals surface area contributed by atoms with Gasteiger partial charge in [0.25, 0.3) is 0 Å². The third-order valence-corrected chi connectivity index (χ3v) is 4.67. The molecule has 6 heteroatoms. The van der Waals surface area contributed by atoms with Crippen molar-refractivity contribution in [3.63, 3.8) is 0 Å². The van der Waals surface area contributed by atoms with Crippen LogP contribution in [0.2, 0.25) is 10.0 Å². The molecule has 1 unspecified atom stereocenters. The van der Waals surface area contributed by atoms with E-state index < -0.39 is 5.60 Å². The van der Waals surface area contributed by atoms with Crippen LogP contribution >= 0.6 is 23.2 Å². The van der Waals surface area contributed by atoms with Crippen molar-refractivity contribution < 1.29 is 5.11 Å². The molecule has 0 bridgehead atoms. The van der Waals surface area contributed by atoms with E-state index >= 15 is 0 Å². The zero-order valence-corrected chi connectivity index (χ0v) is 13.8. The van der Waals surface area contributed by atoms with Gasteiger partial charge in [-0.05, 0) is 38.1 Å². The van der Waals surface area contributed by atoms with Crippen LogP contribution in [0, 0.1) is 0 Å². The van der Waals surface area contributed by atoms with Gasteiger partial charge in [-0.25, -0.2) is 4.98 Å². The molecule has 0 saturated carbocycles. The molecule has 1 aliphatic rings. The first kappa shape index (κ1) is 15.8. The zero-order chi connectivity index (χ0) is 15.6. The molecule has 0 aliphatic carbocycles. The van der Waals surface area contributed by atoms with Crippen molar-refractivity contribution in [3.05, 3.63) is 52.5 Å². The summed E-state index contributed by atoms with van der Waals surface area (Å²) in [5.74, 6) is 0. The van der Waals surface area contributed by atoms with Gasteiger partial charge in [-0.1, -0.05) is 29.3 Å². The fourth-order valence-electron chi connectivity index (χ4n) is 3.08. The Morgan fingerprint density at radius 1 is 1.18 bits per heavy atom. The summed E-state index contributed by atoms with van der Waals surface area (Å²) in [6, 6.07) is 5.27. The van der Waals surface area contributed by atoms with E-state index in [4.69, 9.17) is 23.2 Å². The summed E-state index contributed by atoms with van der Waals surface area (Å²) in [5.41, 5.74) is -0.369. The Balaban J connectivity index is 1.93. The van der Waals surface area contributed by atoms with Gasteiger partial charge in [-0.3, -0.25) is 0 Å². The SMILES string of the molecule is OC(CN1CCCC1)(Cn1ccnc1)c1ccc(Cl)cc1Cl. The van der Waals surface area contributed by atoms with Crippen LogP contribution in [0.3, 0.4) is 0 Å². The lowest BCUT2D eigenvalue weighted by Crippen LogP contribution is -2.43. The lowest BCUT2D eigenvalue weighted by Gasteiger charge is -2.34. The Morgan fingerprint density at radius 2 is 1.95 bits per heavy atom. The number of hydrogen-bond acceptors (Lipinski definition) is 3. The summed E-state index contributed by atoms with van der Waals surface area (Å²) in [6.07, 6.45) is 7.61. The second-order valence-electron chi connectivity index (χ2n) is 5.87. The molecule has 1 aromatic heterocycles. The molecular weight excluding hydrogens is 321 g/mol. The molecule has 1 saturated heterocycles. The normalized spacial score (nSPS) is 18.5. The molecule has 4 nitrogen and oxygen atoms in total. The van der Waals surface area contributed by atoms with Crippen molar-refractivity contribution in [1.29, 1.82) is 0 Å². The van der Waals surface area contributed by atoms with Gasteiger partial charge in [0.1, 0.15) is 5.60 Å². The molecule has 1 aliphatic heterocycles. The first-order valence-corrected chi connectivity index (χ1v) is 8.18. The van der Waals surface area contributed by atoms with Gasteiger partial charge in [0.2, 0.25) is 0 Å². The van der Waals surface area contributed by atoms with Crippen LogP contribution in [0.15, 0.2) is 36.9 Å². The molecule has 0 amide bonds. The smallest absolute Gasteiger partial charge is 0.121 e. The molecule has 2 heterocycles. The van der Waals surface area contributed by atoms with Crippen molar-refractivity contribution in [3.8, 4) is 0 Å². The molecular formula is C16H19Cl2N3O. The highest BCUT2D eigenvalue weighted by Crippen LogP contribution is 2.33. The summed E-state index contributed by atoms with van der Waals surface area (Å²) < 4.78 is 1.88. The molecule has 1 N–H and O–H groups in total. The Labute approximate surface area is 140 Å². The van der Waals surface area contributed by atoms with Crippen molar-refractivity contribution >= 4 is 23.2 Å². The lowest BCUT2D eigenvalue weighted by molar-refractivity contribution is -0.0106. The highest BCUT2D eigenvalue weighted by atomic mass is 35.5. The third-order valence-electron chi connectivity index (χ3n) is 4.12. The quantitative estimate of drug-likeness (QED) is 0.909. The Kier molecular flexibility index (Phi) is 4.73. The Hall–Kier alpha value is -1.07. The molecule has 2 aromatic rings. The molecule has 0 radical (unpaired) electrons. The van der Waals surface area contributed by atoms with Gasteiger partial charge in [0, 0.05) is 34.5 Å². The van der Waals surface area contributed by atoms with E-state index in [9.17, 15) is 5.11 Å². The summed E-state index contributed by atoms with van der Waals surface area (Å²) in [7, 11) is 0. The van der Waals surface area contributed by atoms with Crippen LogP contribution in [0.4, 0.5) is 0 Å². The first-order chi connectivity index (χ1) is 10.6. The number of aliphatic hydroxyl groups is 1. The molecule has 3 rings (SSSR count). The minimum Gasteiger partial charge on any atom is -0.382 e. The molecule has 1 aromatic carbocycles. The number of aromatic nitrogens is 2. The average Bonchev–Trinajstić information content (AvgIpc) is 3.12. The Bertz CT molecular complexity index is 626. The fraction of sp³-hybridized carbons (Fsp3) is 0.438. The van der Waals surface area contributed by atoms with Gasteiger partial charge in [0.15, 0.2) is 0 Å². The highest BCUT2D eigenvalue weighted by molar-refractivity contribution is 6.35. The number of likely N-dealkylation sites (tertiary alicyclic amines) is 1. The summed E-state index contributed by atoms with van der Waals surface area (Å²) in [6.45, 7) is 2.98. The highest BCUT2D eigenvalue weighted by Gasteiger charge is 2.35. The van der Waals surface area contributed by atoms with Crippen LogP contribution in [-0.4, -0.2) is 39.2 Å². The summed E-state index contributed by atoms with van der Waals surface area (Å²) in [4.78, 5) is 6.33. The molecule has 0 spiro atoms. The second kappa shape index (κ2) is 6.59. The lowest BCUT2D eigenvalue weighted by atomic mass is 9.92. The largest absolute Gasteiger partial charge is 0.382 e. The van der Waals surface area contributed by atoms with Gasteiger partial charge < -0.3 is 14.6 Å². The van der Waals surface area contributed by atoms with E-state index in [1.807, 2.05) is 16.8 Å². The monoisotopic (exact) mass is 339 g/mol. The minimum absolute atomic E-state index is 0.408.